The molecular formula is C19H27N3OS. The highest BCUT2D eigenvalue weighted by atomic mass is 32.1. The number of likely N-dealkylation sites (tertiary alicyclic amines) is 1. The molecule has 1 aliphatic carbocycles. The fourth-order valence-corrected chi connectivity index (χ4v) is 5.14. The van der Waals surface area contributed by atoms with Crippen LogP contribution in [0.1, 0.15) is 61.5 Å². The zero-order valence-electron chi connectivity index (χ0n) is 14.6. The number of amides is 1. The summed E-state index contributed by atoms with van der Waals surface area (Å²) in [7, 11) is 0. The van der Waals surface area contributed by atoms with E-state index in [4.69, 9.17) is 0 Å². The van der Waals surface area contributed by atoms with E-state index in [0.717, 1.165) is 43.9 Å². The predicted octanol–water partition coefficient (Wildman–Crippen LogP) is 3.95. The monoisotopic (exact) mass is 345 g/mol. The van der Waals surface area contributed by atoms with Gasteiger partial charge in [0.05, 0.1) is 5.56 Å². The van der Waals surface area contributed by atoms with Crippen molar-refractivity contribution in [1.29, 1.82) is 5.26 Å². The largest absolute Gasteiger partial charge is 0.317 e. The lowest BCUT2D eigenvalue weighted by Crippen LogP contribution is -2.28. The number of carbonyl (C=O) groups is 1. The van der Waals surface area contributed by atoms with Gasteiger partial charge in [0.1, 0.15) is 11.1 Å². The average molecular weight is 346 g/mol. The molecule has 0 bridgehead atoms. The fourth-order valence-electron chi connectivity index (χ4n) is 3.77. The van der Waals surface area contributed by atoms with Crippen molar-refractivity contribution >= 4 is 22.2 Å². The van der Waals surface area contributed by atoms with Gasteiger partial charge in [-0.15, -0.1) is 11.3 Å². The van der Waals surface area contributed by atoms with Crippen LogP contribution in [0, 0.1) is 17.2 Å². The summed E-state index contributed by atoms with van der Waals surface area (Å²) < 4.78 is 0. The Hall–Kier alpha value is -1.38. The number of nitrogens with one attached hydrogen (secondary N) is 1. The summed E-state index contributed by atoms with van der Waals surface area (Å²) in [6.45, 7) is 5.31. The molecule has 130 valence electrons. The number of carbonyl (C=O) groups excluding carboxylic acids is 1. The van der Waals surface area contributed by atoms with Gasteiger partial charge in [0, 0.05) is 17.8 Å². The van der Waals surface area contributed by atoms with E-state index in [2.05, 4.69) is 23.2 Å². The highest BCUT2D eigenvalue weighted by molar-refractivity contribution is 7.16. The molecule has 24 heavy (non-hydrogen) atoms. The van der Waals surface area contributed by atoms with Crippen molar-refractivity contribution < 1.29 is 4.79 Å². The van der Waals surface area contributed by atoms with Crippen LogP contribution in [0.15, 0.2) is 0 Å². The van der Waals surface area contributed by atoms with E-state index >= 15 is 0 Å². The van der Waals surface area contributed by atoms with Crippen LogP contribution in [-0.2, 0) is 17.6 Å². The number of rotatable bonds is 4. The molecule has 0 aromatic carbocycles. The van der Waals surface area contributed by atoms with E-state index in [1.165, 1.54) is 36.1 Å². The Morgan fingerprint density at radius 3 is 2.79 bits per heavy atom. The van der Waals surface area contributed by atoms with Crippen LogP contribution in [0.4, 0.5) is 5.00 Å². The Balaban J connectivity index is 1.59. The first-order valence-corrected chi connectivity index (χ1v) is 10.1. The second-order valence-corrected chi connectivity index (χ2v) is 8.33. The molecule has 5 heteroatoms. The second-order valence-electron chi connectivity index (χ2n) is 7.22. The third-order valence-corrected chi connectivity index (χ3v) is 6.40. The van der Waals surface area contributed by atoms with Gasteiger partial charge in [0.2, 0.25) is 5.91 Å². The summed E-state index contributed by atoms with van der Waals surface area (Å²) in [4.78, 5) is 16.0. The topological polar surface area (TPSA) is 56.1 Å². The lowest BCUT2D eigenvalue weighted by Gasteiger charge is -2.19. The minimum atomic E-state index is 0.0439. The molecule has 1 amide bonds. The Morgan fingerprint density at radius 1 is 1.33 bits per heavy atom. The van der Waals surface area contributed by atoms with Gasteiger partial charge in [0.15, 0.2) is 0 Å². The summed E-state index contributed by atoms with van der Waals surface area (Å²) >= 11 is 1.62. The molecule has 4 nitrogen and oxygen atoms in total. The van der Waals surface area contributed by atoms with Crippen LogP contribution in [0.25, 0.3) is 0 Å². The van der Waals surface area contributed by atoms with E-state index in [-0.39, 0.29) is 5.91 Å². The molecule has 1 aromatic rings. The Kier molecular flexibility index (Phi) is 5.91. The SMILES string of the molecule is C[C@@H]1CCc2c(sc(NC(=O)CCN3CCCCCC3)c2C#N)C1. The molecule has 0 unspecified atom stereocenters. The molecule has 0 saturated carbocycles. The minimum absolute atomic E-state index is 0.0439. The third-order valence-electron chi connectivity index (χ3n) is 5.23. The number of hydrogen-bond acceptors (Lipinski definition) is 4. The van der Waals surface area contributed by atoms with Crippen LogP contribution in [0.3, 0.4) is 0 Å². The van der Waals surface area contributed by atoms with E-state index in [1.54, 1.807) is 11.3 Å². The Labute approximate surface area is 148 Å². The summed E-state index contributed by atoms with van der Waals surface area (Å²) in [5, 5.41) is 13.3. The molecule has 3 rings (SSSR count). The molecule has 1 aliphatic heterocycles. The van der Waals surface area contributed by atoms with E-state index < -0.39 is 0 Å². The molecule has 2 heterocycles. The lowest BCUT2D eigenvalue weighted by molar-refractivity contribution is -0.116. The standard InChI is InChI=1S/C19H27N3OS/c1-14-6-7-15-16(13-20)19(24-17(15)12-14)21-18(23)8-11-22-9-4-2-3-5-10-22/h14H,2-12H2,1H3,(H,21,23)/t14-/m1/s1. The maximum atomic E-state index is 12.3. The maximum Gasteiger partial charge on any atom is 0.226 e. The lowest BCUT2D eigenvalue weighted by atomic mass is 9.89. The first kappa shape index (κ1) is 17.4. The van der Waals surface area contributed by atoms with Crippen LogP contribution >= 0.6 is 11.3 Å². The van der Waals surface area contributed by atoms with Gasteiger partial charge in [-0.2, -0.15) is 5.26 Å². The van der Waals surface area contributed by atoms with Crippen LogP contribution < -0.4 is 5.32 Å². The molecule has 1 fully saturated rings. The van der Waals surface area contributed by atoms with Gasteiger partial charge in [0.25, 0.3) is 0 Å². The zero-order chi connectivity index (χ0) is 16.9. The zero-order valence-corrected chi connectivity index (χ0v) is 15.4. The number of anilines is 1. The Morgan fingerprint density at radius 2 is 2.08 bits per heavy atom. The van der Waals surface area contributed by atoms with Gasteiger partial charge >= 0.3 is 0 Å². The minimum Gasteiger partial charge on any atom is -0.317 e. The fraction of sp³-hybridized carbons (Fsp3) is 0.684. The first-order chi connectivity index (χ1) is 11.7. The van der Waals surface area contributed by atoms with Crippen LogP contribution in [0.5, 0.6) is 0 Å². The average Bonchev–Trinajstić information content (AvgIpc) is 2.73. The van der Waals surface area contributed by atoms with E-state index in [9.17, 15) is 10.1 Å². The maximum absolute atomic E-state index is 12.3. The smallest absolute Gasteiger partial charge is 0.226 e. The van der Waals surface area contributed by atoms with Gasteiger partial charge in [-0.3, -0.25) is 4.79 Å². The van der Waals surface area contributed by atoms with Crippen LogP contribution in [0.2, 0.25) is 0 Å². The quantitative estimate of drug-likeness (QED) is 0.899. The third kappa shape index (κ3) is 4.17. The highest BCUT2D eigenvalue weighted by Gasteiger charge is 2.24. The van der Waals surface area contributed by atoms with Gasteiger partial charge < -0.3 is 10.2 Å². The number of nitrogens with zero attached hydrogens (tertiary/aromatic N) is 2. The normalized spacial score (nSPS) is 21.6. The van der Waals surface area contributed by atoms with Crippen molar-refractivity contribution in [3.8, 4) is 6.07 Å². The van der Waals surface area contributed by atoms with Crippen LogP contribution in [-0.4, -0.2) is 30.4 Å². The molecule has 0 spiro atoms. The summed E-state index contributed by atoms with van der Waals surface area (Å²) in [6.07, 6.45) is 8.79. The first-order valence-electron chi connectivity index (χ1n) is 9.24. The number of fused-ring (bicyclic) bond motifs is 1. The number of hydrogen-bond donors (Lipinski definition) is 1. The van der Waals surface area contributed by atoms with Gasteiger partial charge in [-0.05, 0) is 56.7 Å². The van der Waals surface area contributed by atoms with E-state index in [0.29, 0.717) is 17.9 Å². The molecule has 1 aromatic heterocycles. The Bertz CT molecular complexity index is 623. The number of nitriles is 1. The highest BCUT2D eigenvalue weighted by Crippen LogP contribution is 2.39. The molecular weight excluding hydrogens is 318 g/mol. The van der Waals surface area contributed by atoms with Gasteiger partial charge in [-0.1, -0.05) is 19.8 Å². The summed E-state index contributed by atoms with van der Waals surface area (Å²) in [5.41, 5.74) is 1.90. The predicted molar refractivity (Wildman–Crippen MR) is 98.4 cm³/mol. The van der Waals surface area contributed by atoms with Crippen molar-refractivity contribution in [2.45, 2.75) is 58.3 Å². The van der Waals surface area contributed by atoms with Crippen molar-refractivity contribution in [1.82, 2.24) is 4.90 Å². The number of thiophene rings is 1. The van der Waals surface area contributed by atoms with E-state index in [1.807, 2.05) is 0 Å². The van der Waals surface area contributed by atoms with Gasteiger partial charge in [-0.25, -0.2) is 0 Å². The van der Waals surface area contributed by atoms with Crippen molar-refractivity contribution in [3.05, 3.63) is 16.0 Å². The van der Waals surface area contributed by atoms with Crippen molar-refractivity contribution in [2.75, 3.05) is 25.0 Å². The van der Waals surface area contributed by atoms with Crippen molar-refractivity contribution in [3.63, 3.8) is 0 Å². The summed E-state index contributed by atoms with van der Waals surface area (Å²) in [6, 6.07) is 2.32. The van der Waals surface area contributed by atoms with Crippen molar-refractivity contribution in [2.24, 2.45) is 5.92 Å². The molecule has 2 aliphatic rings. The molecule has 1 atom stereocenters. The second kappa shape index (κ2) is 8.13. The molecule has 0 radical (unpaired) electrons. The summed E-state index contributed by atoms with van der Waals surface area (Å²) in [5.74, 6) is 0.719. The molecule has 1 saturated heterocycles. The molecule has 1 N–H and O–H groups in total.